The summed E-state index contributed by atoms with van der Waals surface area (Å²) in [5.74, 6) is 1.06. The Labute approximate surface area is 167 Å². The number of likely N-dealkylation sites (N-methyl/N-ethyl adjacent to an activating group) is 1. The van der Waals surface area contributed by atoms with Crippen LogP contribution >= 0.6 is 0 Å². The topological polar surface area (TPSA) is 60.0 Å². The van der Waals surface area contributed by atoms with Crippen LogP contribution in [0.1, 0.15) is 35.8 Å². The van der Waals surface area contributed by atoms with Crippen LogP contribution in [0.3, 0.4) is 0 Å². The van der Waals surface area contributed by atoms with Crippen LogP contribution in [0.15, 0.2) is 42.5 Å². The number of ether oxygens (including phenoxy) is 3. The first-order valence-corrected chi connectivity index (χ1v) is 9.47. The van der Waals surface area contributed by atoms with Crippen molar-refractivity contribution in [2.24, 2.45) is 0 Å². The normalized spacial score (nSPS) is 11.8. The van der Waals surface area contributed by atoms with Crippen LogP contribution in [0.2, 0.25) is 0 Å². The molecular weight excluding hydrogens is 356 g/mol. The number of hydrogen-bond acceptors (Lipinski definition) is 5. The van der Waals surface area contributed by atoms with Gasteiger partial charge < -0.3 is 19.5 Å². The van der Waals surface area contributed by atoms with E-state index in [9.17, 15) is 4.79 Å². The third-order valence-electron chi connectivity index (χ3n) is 4.84. The van der Waals surface area contributed by atoms with Crippen molar-refractivity contribution in [3.63, 3.8) is 0 Å². The maximum atomic E-state index is 12.9. The third-order valence-corrected chi connectivity index (χ3v) is 4.84. The van der Waals surface area contributed by atoms with Gasteiger partial charge in [0.05, 0.1) is 32.9 Å². The summed E-state index contributed by atoms with van der Waals surface area (Å²) in [6.07, 6.45) is 0. The predicted molar refractivity (Wildman–Crippen MR) is 111 cm³/mol. The fourth-order valence-corrected chi connectivity index (χ4v) is 3.36. The molecular formula is C22H30N2O4. The molecule has 0 radical (unpaired) electrons. The molecule has 1 unspecified atom stereocenters. The first-order valence-electron chi connectivity index (χ1n) is 9.47. The maximum Gasteiger partial charge on any atom is 0.255 e. The van der Waals surface area contributed by atoms with Crippen LogP contribution in [-0.2, 0) is 0 Å². The lowest BCUT2D eigenvalue weighted by atomic mass is 10.0. The maximum absolute atomic E-state index is 12.9. The van der Waals surface area contributed by atoms with Gasteiger partial charge >= 0.3 is 0 Å². The molecule has 152 valence electrons. The van der Waals surface area contributed by atoms with E-state index in [1.807, 2.05) is 18.2 Å². The predicted octanol–water partition coefficient (Wildman–Crippen LogP) is 3.53. The van der Waals surface area contributed by atoms with Crippen molar-refractivity contribution in [1.29, 1.82) is 0 Å². The Bertz CT molecular complexity index is 761. The molecule has 6 nitrogen and oxygen atoms in total. The van der Waals surface area contributed by atoms with Gasteiger partial charge in [-0.25, -0.2) is 0 Å². The Balaban J connectivity index is 2.25. The minimum atomic E-state index is -0.217. The van der Waals surface area contributed by atoms with E-state index in [1.54, 1.807) is 19.2 Å². The van der Waals surface area contributed by atoms with Gasteiger partial charge in [0.15, 0.2) is 11.5 Å². The van der Waals surface area contributed by atoms with Gasteiger partial charge in [0, 0.05) is 6.54 Å². The van der Waals surface area contributed by atoms with Gasteiger partial charge in [-0.15, -0.1) is 0 Å². The third kappa shape index (κ3) is 4.75. The number of nitrogens with one attached hydrogen (secondary N) is 1. The zero-order chi connectivity index (χ0) is 20.5. The summed E-state index contributed by atoms with van der Waals surface area (Å²) in [5.41, 5.74) is 1.58. The summed E-state index contributed by atoms with van der Waals surface area (Å²) in [6.45, 7) is 6.52. The number of hydrogen-bond donors (Lipinski definition) is 1. The lowest BCUT2D eigenvalue weighted by Crippen LogP contribution is -2.38. The van der Waals surface area contributed by atoms with Gasteiger partial charge in [0.25, 0.3) is 5.91 Å². The van der Waals surface area contributed by atoms with Gasteiger partial charge in [0.1, 0.15) is 0 Å². The molecule has 1 atom stereocenters. The molecule has 2 rings (SSSR count). The Morgan fingerprint density at radius 3 is 2.11 bits per heavy atom. The van der Waals surface area contributed by atoms with Crippen molar-refractivity contribution in [3.05, 3.63) is 53.6 Å². The molecule has 0 saturated heterocycles. The molecule has 2 aromatic rings. The van der Waals surface area contributed by atoms with E-state index in [-0.39, 0.29) is 11.9 Å². The van der Waals surface area contributed by atoms with Crippen molar-refractivity contribution < 1.29 is 19.0 Å². The molecule has 0 heterocycles. The lowest BCUT2D eigenvalue weighted by molar-refractivity contribution is 0.0931. The monoisotopic (exact) mass is 386 g/mol. The minimum Gasteiger partial charge on any atom is -0.493 e. The summed E-state index contributed by atoms with van der Waals surface area (Å²) < 4.78 is 16.1. The fraction of sp³-hybridized carbons (Fsp3) is 0.409. The van der Waals surface area contributed by atoms with Crippen LogP contribution in [0.4, 0.5) is 0 Å². The first kappa shape index (κ1) is 21.6. The summed E-state index contributed by atoms with van der Waals surface area (Å²) in [7, 11) is 4.58. The molecule has 6 heteroatoms. The SMILES string of the molecule is CCN(CC)C(CNC(=O)c1ccc(OC)c(OC)c1OC)c1ccccc1. The Kier molecular flexibility index (Phi) is 8.14. The number of amides is 1. The van der Waals surface area contributed by atoms with Crippen LogP contribution in [0.25, 0.3) is 0 Å². The second kappa shape index (κ2) is 10.6. The average molecular weight is 386 g/mol. The zero-order valence-corrected chi connectivity index (χ0v) is 17.3. The highest BCUT2D eigenvalue weighted by atomic mass is 16.5. The molecule has 0 aliphatic heterocycles. The van der Waals surface area contributed by atoms with Crippen LogP contribution < -0.4 is 19.5 Å². The van der Waals surface area contributed by atoms with Crippen molar-refractivity contribution in [2.75, 3.05) is 41.0 Å². The highest BCUT2D eigenvalue weighted by Gasteiger charge is 2.23. The summed E-state index contributed by atoms with van der Waals surface area (Å²) in [4.78, 5) is 15.2. The number of nitrogens with zero attached hydrogens (tertiary/aromatic N) is 1. The van der Waals surface area contributed by atoms with Gasteiger partial charge in [-0.3, -0.25) is 9.69 Å². The Hall–Kier alpha value is -2.73. The second-order valence-electron chi connectivity index (χ2n) is 6.24. The fourth-order valence-electron chi connectivity index (χ4n) is 3.36. The molecule has 28 heavy (non-hydrogen) atoms. The van der Waals surface area contributed by atoms with Crippen LogP contribution in [0, 0.1) is 0 Å². The summed E-state index contributed by atoms with van der Waals surface area (Å²) in [6, 6.07) is 13.7. The van der Waals surface area contributed by atoms with Gasteiger partial charge in [-0.05, 0) is 30.8 Å². The largest absolute Gasteiger partial charge is 0.493 e. The molecule has 0 fully saturated rings. The minimum absolute atomic E-state index is 0.0892. The van der Waals surface area contributed by atoms with Crippen molar-refractivity contribution >= 4 is 5.91 Å². The number of carbonyl (C=O) groups excluding carboxylic acids is 1. The van der Waals surface area contributed by atoms with Gasteiger partial charge in [-0.1, -0.05) is 44.2 Å². The number of benzene rings is 2. The summed E-state index contributed by atoms with van der Waals surface area (Å²) >= 11 is 0. The molecule has 1 N–H and O–H groups in total. The second-order valence-corrected chi connectivity index (χ2v) is 6.24. The van der Waals surface area contributed by atoms with Gasteiger partial charge in [-0.2, -0.15) is 0 Å². The van der Waals surface area contributed by atoms with E-state index in [0.29, 0.717) is 29.4 Å². The molecule has 0 bridgehead atoms. The highest BCUT2D eigenvalue weighted by molar-refractivity contribution is 5.98. The Morgan fingerprint density at radius 2 is 1.57 bits per heavy atom. The van der Waals surface area contributed by atoms with E-state index < -0.39 is 0 Å². The standard InChI is InChI=1S/C22H30N2O4/c1-6-24(7-2)18(16-11-9-8-10-12-16)15-23-22(25)17-13-14-19(26-3)21(28-5)20(17)27-4/h8-14,18H,6-7,15H2,1-5H3,(H,23,25). The van der Waals surface area contributed by atoms with E-state index >= 15 is 0 Å². The van der Waals surface area contributed by atoms with Crippen molar-refractivity contribution in [2.45, 2.75) is 19.9 Å². The number of rotatable bonds is 10. The van der Waals surface area contributed by atoms with Crippen LogP contribution in [0.5, 0.6) is 17.2 Å². The van der Waals surface area contributed by atoms with Crippen molar-refractivity contribution in [1.82, 2.24) is 10.2 Å². The summed E-state index contributed by atoms with van der Waals surface area (Å²) in [5, 5.41) is 3.05. The van der Waals surface area contributed by atoms with E-state index in [2.05, 4.69) is 36.2 Å². The molecule has 2 aromatic carbocycles. The average Bonchev–Trinajstić information content (AvgIpc) is 2.75. The highest BCUT2D eigenvalue weighted by Crippen LogP contribution is 2.39. The molecule has 0 aromatic heterocycles. The smallest absolute Gasteiger partial charge is 0.255 e. The molecule has 0 spiro atoms. The Morgan fingerprint density at radius 1 is 0.929 bits per heavy atom. The lowest BCUT2D eigenvalue weighted by Gasteiger charge is -2.30. The number of methoxy groups -OCH3 is 3. The zero-order valence-electron chi connectivity index (χ0n) is 17.3. The van der Waals surface area contributed by atoms with E-state index in [4.69, 9.17) is 14.2 Å². The molecule has 0 aliphatic rings. The van der Waals surface area contributed by atoms with E-state index in [1.165, 1.54) is 19.8 Å². The quantitative estimate of drug-likeness (QED) is 0.677. The molecule has 0 saturated carbocycles. The molecule has 0 aliphatic carbocycles. The van der Waals surface area contributed by atoms with E-state index in [0.717, 1.165) is 13.1 Å². The molecule has 1 amide bonds. The van der Waals surface area contributed by atoms with Crippen LogP contribution in [-0.4, -0.2) is 51.8 Å². The number of carbonyl (C=O) groups is 1. The van der Waals surface area contributed by atoms with Crippen molar-refractivity contribution in [3.8, 4) is 17.2 Å². The van der Waals surface area contributed by atoms with Gasteiger partial charge in [0.2, 0.25) is 5.75 Å². The first-order chi connectivity index (χ1) is 13.6.